The molecule has 0 saturated heterocycles. The maximum absolute atomic E-state index is 12.5. The summed E-state index contributed by atoms with van der Waals surface area (Å²) in [6, 6.07) is 15.9. The van der Waals surface area contributed by atoms with E-state index in [9.17, 15) is 4.79 Å². The third kappa shape index (κ3) is 3.07. The second-order valence-corrected chi connectivity index (χ2v) is 5.60. The van der Waals surface area contributed by atoms with Crippen LogP contribution in [0.15, 0.2) is 48.5 Å². The Labute approximate surface area is 125 Å². The van der Waals surface area contributed by atoms with Gasteiger partial charge in [-0.1, -0.05) is 36.4 Å². The molecule has 0 spiro atoms. The van der Waals surface area contributed by atoms with Gasteiger partial charge in [0.2, 0.25) is 5.91 Å². The number of hydrogen-bond donors (Lipinski definition) is 2. The zero-order chi connectivity index (χ0) is 14.7. The van der Waals surface area contributed by atoms with Crippen LogP contribution in [0.4, 0.5) is 5.69 Å². The lowest BCUT2D eigenvalue weighted by atomic mass is 9.82. The number of nitrogens with two attached hydrogens (primary N) is 1. The topological polar surface area (TPSA) is 55.1 Å². The van der Waals surface area contributed by atoms with Crippen LogP contribution in [0, 0.1) is 0 Å². The smallest absolute Gasteiger partial charge is 0.227 e. The number of carbonyl (C=O) groups is 1. The highest BCUT2D eigenvalue weighted by atomic mass is 16.1. The molecule has 0 saturated carbocycles. The van der Waals surface area contributed by atoms with Crippen LogP contribution in [-0.2, 0) is 17.8 Å². The summed E-state index contributed by atoms with van der Waals surface area (Å²) in [6.45, 7) is 0.553. The fourth-order valence-electron chi connectivity index (χ4n) is 2.97. The molecule has 21 heavy (non-hydrogen) atoms. The molecule has 0 aromatic heterocycles. The van der Waals surface area contributed by atoms with Gasteiger partial charge in [-0.25, -0.2) is 0 Å². The lowest BCUT2D eigenvalue weighted by Gasteiger charge is -2.24. The molecule has 0 radical (unpaired) electrons. The minimum atomic E-state index is -0.0104. The van der Waals surface area contributed by atoms with E-state index in [1.54, 1.807) is 0 Å². The largest absolute Gasteiger partial charge is 0.399 e. The highest BCUT2D eigenvalue weighted by molar-refractivity contribution is 5.84. The van der Waals surface area contributed by atoms with Crippen molar-refractivity contribution in [2.24, 2.45) is 0 Å². The number of amides is 1. The van der Waals surface area contributed by atoms with Crippen molar-refractivity contribution in [1.82, 2.24) is 5.32 Å². The summed E-state index contributed by atoms with van der Waals surface area (Å²) in [5.41, 5.74) is 9.99. The van der Waals surface area contributed by atoms with Gasteiger partial charge in [0.15, 0.2) is 0 Å². The predicted octanol–water partition coefficient (Wildman–Crippen LogP) is 3.01. The van der Waals surface area contributed by atoms with Gasteiger partial charge in [0.1, 0.15) is 0 Å². The molecule has 2 aromatic rings. The molecule has 0 bridgehead atoms. The first-order chi connectivity index (χ1) is 10.2. The van der Waals surface area contributed by atoms with E-state index in [1.807, 2.05) is 36.4 Å². The molecule has 3 heteroatoms. The maximum atomic E-state index is 12.5. The number of carbonyl (C=O) groups excluding carboxylic acids is 1. The van der Waals surface area contributed by atoms with E-state index in [0.717, 1.165) is 30.5 Å². The summed E-state index contributed by atoms with van der Waals surface area (Å²) in [7, 11) is 0. The van der Waals surface area contributed by atoms with Gasteiger partial charge in [-0.3, -0.25) is 4.79 Å². The Morgan fingerprint density at radius 3 is 2.71 bits per heavy atom. The number of hydrogen-bond acceptors (Lipinski definition) is 2. The van der Waals surface area contributed by atoms with Gasteiger partial charge in [0.25, 0.3) is 0 Å². The van der Waals surface area contributed by atoms with Crippen LogP contribution in [0.3, 0.4) is 0 Å². The van der Waals surface area contributed by atoms with Crippen molar-refractivity contribution < 1.29 is 4.79 Å². The molecular weight excluding hydrogens is 260 g/mol. The number of rotatable bonds is 3. The molecule has 0 aliphatic heterocycles. The van der Waals surface area contributed by atoms with Crippen molar-refractivity contribution in [1.29, 1.82) is 0 Å². The summed E-state index contributed by atoms with van der Waals surface area (Å²) in [4.78, 5) is 12.5. The second-order valence-electron chi connectivity index (χ2n) is 5.60. The Kier molecular flexibility index (Phi) is 3.91. The SMILES string of the molecule is Nc1ccc(CNC(=O)C2CCCc3ccccc32)cc1. The first-order valence-corrected chi connectivity index (χ1v) is 7.44. The molecule has 1 atom stereocenters. The molecule has 1 aliphatic carbocycles. The minimum Gasteiger partial charge on any atom is -0.399 e. The number of aryl methyl sites for hydroxylation is 1. The van der Waals surface area contributed by atoms with Crippen molar-refractivity contribution >= 4 is 11.6 Å². The van der Waals surface area contributed by atoms with Crippen molar-refractivity contribution in [3.05, 3.63) is 65.2 Å². The molecule has 3 N–H and O–H groups in total. The predicted molar refractivity (Wildman–Crippen MR) is 84.8 cm³/mol. The van der Waals surface area contributed by atoms with Crippen molar-refractivity contribution in [3.63, 3.8) is 0 Å². The van der Waals surface area contributed by atoms with Gasteiger partial charge >= 0.3 is 0 Å². The van der Waals surface area contributed by atoms with Crippen LogP contribution in [0.1, 0.15) is 35.4 Å². The average molecular weight is 280 g/mol. The molecule has 1 aliphatic rings. The van der Waals surface area contributed by atoms with Crippen molar-refractivity contribution in [2.75, 3.05) is 5.73 Å². The highest BCUT2D eigenvalue weighted by Gasteiger charge is 2.25. The Bertz CT molecular complexity index is 634. The van der Waals surface area contributed by atoms with Crippen molar-refractivity contribution in [3.8, 4) is 0 Å². The zero-order valence-corrected chi connectivity index (χ0v) is 12.0. The van der Waals surface area contributed by atoms with E-state index in [4.69, 9.17) is 5.73 Å². The summed E-state index contributed by atoms with van der Waals surface area (Å²) in [5.74, 6) is 0.114. The molecule has 0 fully saturated rings. The highest BCUT2D eigenvalue weighted by Crippen LogP contribution is 2.31. The lowest BCUT2D eigenvalue weighted by molar-refractivity contribution is -0.123. The monoisotopic (exact) mass is 280 g/mol. The third-order valence-corrected chi connectivity index (χ3v) is 4.13. The first kappa shape index (κ1) is 13.7. The van der Waals surface area contributed by atoms with Crippen molar-refractivity contribution in [2.45, 2.75) is 31.7 Å². The summed E-state index contributed by atoms with van der Waals surface area (Å²) < 4.78 is 0. The molecule has 2 aromatic carbocycles. The number of benzene rings is 2. The zero-order valence-electron chi connectivity index (χ0n) is 12.0. The quantitative estimate of drug-likeness (QED) is 0.849. The van der Waals surface area contributed by atoms with E-state index in [2.05, 4.69) is 17.4 Å². The van der Waals surface area contributed by atoms with Gasteiger partial charge in [-0.15, -0.1) is 0 Å². The fraction of sp³-hybridized carbons (Fsp3) is 0.278. The standard InChI is InChI=1S/C18H20N2O/c19-15-10-8-13(9-11-15)12-20-18(21)17-7-3-5-14-4-1-2-6-16(14)17/h1-2,4,6,8-11,17H,3,5,7,12,19H2,(H,20,21). The van der Waals surface area contributed by atoms with Crippen LogP contribution in [0.2, 0.25) is 0 Å². The van der Waals surface area contributed by atoms with E-state index in [-0.39, 0.29) is 11.8 Å². The Hall–Kier alpha value is -2.29. The van der Waals surface area contributed by atoms with Crippen LogP contribution in [0.5, 0.6) is 0 Å². The number of nitrogens with one attached hydrogen (secondary N) is 1. The van der Waals surface area contributed by atoms with E-state index < -0.39 is 0 Å². The van der Waals surface area contributed by atoms with Gasteiger partial charge in [-0.2, -0.15) is 0 Å². The molecule has 108 valence electrons. The Balaban J connectivity index is 1.68. The second kappa shape index (κ2) is 6.00. The Morgan fingerprint density at radius 2 is 1.90 bits per heavy atom. The minimum absolute atomic E-state index is 0.0104. The maximum Gasteiger partial charge on any atom is 0.227 e. The van der Waals surface area contributed by atoms with Crippen LogP contribution in [-0.4, -0.2) is 5.91 Å². The molecule has 3 rings (SSSR count). The van der Waals surface area contributed by atoms with Crippen LogP contribution in [0.25, 0.3) is 0 Å². The van der Waals surface area contributed by atoms with E-state index >= 15 is 0 Å². The molecule has 0 heterocycles. The lowest BCUT2D eigenvalue weighted by Crippen LogP contribution is -2.31. The van der Waals surface area contributed by atoms with Gasteiger partial charge in [0.05, 0.1) is 5.92 Å². The van der Waals surface area contributed by atoms with Gasteiger partial charge < -0.3 is 11.1 Å². The van der Waals surface area contributed by atoms with Gasteiger partial charge in [-0.05, 0) is 48.1 Å². The summed E-state index contributed by atoms with van der Waals surface area (Å²) >= 11 is 0. The van der Waals surface area contributed by atoms with Gasteiger partial charge in [0, 0.05) is 12.2 Å². The summed E-state index contributed by atoms with van der Waals surface area (Å²) in [5, 5.41) is 3.05. The van der Waals surface area contributed by atoms with E-state index in [1.165, 1.54) is 11.1 Å². The van der Waals surface area contributed by atoms with Crippen LogP contribution >= 0.6 is 0 Å². The molecule has 1 unspecified atom stereocenters. The summed E-state index contributed by atoms with van der Waals surface area (Å²) in [6.07, 6.45) is 3.10. The molecule has 1 amide bonds. The Morgan fingerprint density at radius 1 is 1.14 bits per heavy atom. The first-order valence-electron chi connectivity index (χ1n) is 7.44. The normalized spacial score (nSPS) is 17.0. The molecular formula is C18H20N2O. The average Bonchev–Trinajstić information content (AvgIpc) is 2.53. The number of anilines is 1. The number of fused-ring (bicyclic) bond motifs is 1. The molecule has 3 nitrogen and oxygen atoms in total. The number of nitrogen functional groups attached to an aromatic ring is 1. The van der Waals surface area contributed by atoms with E-state index in [0.29, 0.717) is 6.54 Å². The fourth-order valence-corrected chi connectivity index (χ4v) is 2.97. The van der Waals surface area contributed by atoms with Crippen LogP contribution < -0.4 is 11.1 Å². The third-order valence-electron chi connectivity index (χ3n) is 4.13.